The molecule has 0 saturated carbocycles. The van der Waals surface area contributed by atoms with E-state index in [1.54, 1.807) is 36.4 Å². The first-order chi connectivity index (χ1) is 20.9. The second-order valence-electron chi connectivity index (χ2n) is 11.4. The maximum absolute atomic E-state index is 14.5. The van der Waals surface area contributed by atoms with Crippen molar-refractivity contribution < 1.29 is 27.6 Å². The highest BCUT2D eigenvalue weighted by molar-refractivity contribution is 6.30. The van der Waals surface area contributed by atoms with Crippen molar-refractivity contribution in [2.24, 2.45) is 0 Å². The minimum atomic E-state index is -1.27. The number of carbonyl (C=O) groups excluding carboxylic acids is 3. The van der Waals surface area contributed by atoms with Gasteiger partial charge in [0.1, 0.15) is 17.7 Å². The van der Waals surface area contributed by atoms with E-state index in [0.29, 0.717) is 23.8 Å². The van der Waals surface area contributed by atoms with Gasteiger partial charge in [0.2, 0.25) is 17.6 Å². The van der Waals surface area contributed by atoms with Crippen molar-refractivity contribution in [3.05, 3.63) is 106 Å². The van der Waals surface area contributed by atoms with E-state index in [1.807, 2.05) is 32.9 Å². The maximum atomic E-state index is 14.5. The largest absolute Gasteiger partial charge is 0.418 e. The lowest BCUT2D eigenvalue weighted by Crippen LogP contribution is -2.48. The Kier molecular flexibility index (Phi) is 10.6. The third kappa shape index (κ3) is 8.57. The molecule has 0 bridgehead atoms. The molecule has 11 heteroatoms. The van der Waals surface area contributed by atoms with Gasteiger partial charge < -0.3 is 15.1 Å². The Morgan fingerprint density at radius 2 is 1.59 bits per heavy atom. The number of ketones is 1. The number of amides is 2. The van der Waals surface area contributed by atoms with Gasteiger partial charge in [-0.25, -0.2) is 8.78 Å². The predicted octanol–water partition coefficient (Wildman–Crippen LogP) is 6.48. The number of unbranched alkanes of at least 4 members (excludes halogenated alkanes) is 1. The predicted molar refractivity (Wildman–Crippen MR) is 162 cm³/mol. The van der Waals surface area contributed by atoms with Gasteiger partial charge >= 0.3 is 0 Å². The molecule has 230 valence electrons. The Balaban J connectivity index is 1.37. The molecule has 0 aliphatic rings. The third-order valence-electron chi connectivity index (χ3n) is 6.83. The van der Waals surface area contributed by atoms with Crippen LogP contribution in [0.3, 0.4) is 0 Å². The van der Waals surface area contributed by atoms with Crippen LogP contribution in [0.4, 0.5) is 8.78 Å². The van der Waals surface area contributed by atoms with Gasteiger partial charge in [-0.3, -0.25) is 14.4 Å². The van der Waals surface area contributed by atoms with Gasteiger partial charge in [-0.2, -0.15) is 0 Å². The molecule has 0 radical (unpaired) electrons. The van der Waals surface area contributed by atoms with E-state index in [-0.39, 0.29) is 41.2 Å². The Morgan fingerprint density at radius 3 is 2.23 bits per heavy atom. The lowest BCUT2D eigenvalue weighted by atomic mass is 9.97. The molecule has 0 aliphatic carbocycles. The SMILES string of the molecule is CC(C)(C)c1nnc(C(=O)CCCCNC(=O)[C@H](Cc2c(F)cccc2F)NC(=O)c2ccc(-c3cccc(Cl)c3)cc2)o1. The third-order valence-corrected chi connectivity index (χ3v) is 7.07. The Bertz CT molecular complexity index is 1610. The number of rotatable bonds is 12. The number of nitrogens with one attached hydrogen (secondary N) is 2. The van der Waals surface area contributed by atoms with Crippen LogP contribution in [0.2, 0.25) is 5.02 Å². The number of hydrogen-bond donors (Lipinski definition) is 2. The number of nitrogens with zero attached hydrogens (tertiary/aromatic N) is 2. The van der Waals surface area contributed by atoms with Crippen LogP contribution in [0.1, 0.15) is 72.5 Å². The van der Waals surface area contributed by atoms with Gasteiger partial charge in [-0.05, 0) is 60.4 Å². The molecule has 0 spiro atoms. The van der Waals surface area contributed by atoms with Crippen molar-refractivity contribution in [1.82, 2.24) is 20.8 Å². The second-order valence-corrected chi connectivity index (χ2v) is 11.8. The summed E-state index contributed by atoms with van der Waals surface area (Å²) in [5.41, 5.74) is 1.26. The summed E-state index contributed by atoms with van der Waals surface area (Å²) in [5.74, 6) is -2.84. The zero-order valence-electron chi connectivity index (χ0n) is 24.6. The molecule has 2 amide bonds. The van der Waals surface area contributed by atoms with E-state index in [1.165, 1.54) is 6.07 Å². The van der Waals surface area contributed by atoms with E-state index in [2.05, 4.69) is 20.8 Å². The molecular formula is C33H33ClF2N4O4. The summed E-state index contributed by atoms with van der Waals surface area (Å²) in [7, 11) is 0. The molecule has 1 aromatic heterocycles. The van der Waals surface area contributed by atoms with Crippen molar-refractivity contribution in [1.29, 1.82) is 0 Å². The monoisotopic (exact) mass is 622 g/mol. The van der Waals surface area contributed by atoms with Crippen LogP contribution in [-0.4, -0.2) is 40.4 Å². The standard InChI is InChI=1S/C33H33ClF2N4O4/c1-33(2,3)32-40-39-31(44-32)28(41)12-4-5-17-37-30(43)27(19-24-25(35)10-7-11-26(24)36)38-29(42)21-15-13-20(14-16-21)22-8-6-9-23(34)18-22/h6-11,13-16,18,27H,4-5,12,17,19H2,1-3H3,(H,37,43)(H,38,42)/t27-/m0/s1. The number of carbonyl (C=O) groups is 3. The lowest BCUT2D eigenvalue weighted by molar-refractivity contribution is -0.122. The molecule has 2 N–H and O–H groups in total. The number of halogens is 3. The number of hydrogen-bond acceptors (Lipinski definition) is 6. The van der Waals surface area contributed by atoms with Gasteiger partial charge in [0.15, 0.2) is 0 Å². The van der Waals surface area contributed by atoms with Crippen LogP contribution >= 0.6 is 11.6 Å². The summed E-state index contributed by atoms with van der Waals surface area (Å²) in [4.78, 5) is 38.7. The zero-order chi connectivity index (χ0) is 31.9. The minimum absolute atomic E-state index is 0.0609. The summed E-state index contributed by atoms with van der Waals surface area (Å²) in [5, 5.41) is 13.6. The first kappa shape index (κ1) is 32.5. The zero-order valence-corrected chi connectivity index (χ0v) is 25.4. The Hall–Kier alpha value is -4.44. The van der Waals surface area contributed by atoms with Crippen LogP contribution in [0, 0.1) is 11.6 Å². The van der Waals surface area contributed by atoms with Crippen LogP contribution in [0.5, 0.6) is 0 Å². The van der Waals surface area contributed by atoms with E-state index < -0.39 is 35.9 Å². The molecule has 44 heavy (non-hydrogen) atoms. The van der Waals surface area contributed by atoms with Crippen LogP contribution in [0.25, 0.3) is 11.1 Å². The summed E-state index contributed by atoms with van der Waals surface area (Å²) in [6, 6.07) is 16.1. The van der Waals surface area contributed by atoms with Crippen LogP contribution < -0.4 is 10.6 Å². The lowest BCUT2D eigenvalue weighted by Gasteiger charge is -2.19. The fourth-order valence-electron chi connectivity index (χ4n) is 4.36. The highest BCUT2D eigenvalue weighted by Crippen LogP contribution is 2.24. The quantitative estimate of drug-likeness (QED) is 0.138. The average Bonchev–Trinajstić information content (AvgIpc) is 3.50. The van der Waals surface area contributed by atoms with Gasteiger partial charge in [0.05, 0.1) is 0 Å². The van der Waals surface area contributed by atoms with Crippen molar-refractivity contribution in [2.75, 3.05) is 6.54 Å². The number of Topliss-reactive ketones (excluding diaryl/α,β-unsaturated/α-hetero) is 1. The average molecular weight is 623 g/mol. The topological polar surface area (TPSA) is 114 Å². The molecule has 0 unspecified atom stereocenters. The van der Waals surface area contributed by atoms with Crippen molar-refractivity contribution in [3.8, 4) is 11.1 Å². The Morgan fingerprint density at radius 1 is 0.909 bits per heavy atom. The fourth-order valence-corrected chi connectivity index (χ4v) is 4.55. The smallest absolute Gasteiger partial charge is 0.284 e. The van der Waals surface area contributed by atoms with Crippen LogP contribution in [-0.2, 0) is 16.6 Å². The second kappa shape index (κ2) is 14.4. The minimum Gasteiger partial charge on any atom is -0.418 e. The first-order valence-electron chi connectivity index (χ1n) is 14.2. The Labute approximate surface area is 259 Å². The summed E-state index contributed by atoms with van der Waals surface area (Å²) in [6.07, 6.45) is 0.581. The summed E-state index contributed by atoms with van der Waals surface area (Å²) >= 11 is 6.08. The summed E-state index contributed by atoms with van der Waals surface area (Å²) in [6.45, 7) is 5.85. The summed E-state index contributed by atoms with van der Waals surface area (Å²) < 4.78 is 34.4. The van der Waals surface area contributed by atoms with Crippen molar-refractivity contribution >= 4 is 29.2 Å². The number of benzene rings is 3. The molecule has 1 atom stereocenters. The van der Waals surface area contributed by atoms with Gasteiger partial charge in [-0.15, -0.1) is 10.2 Å². The van der Waals surface area contributed by atoms with E-state index in [0.717, 1.165) is 23.3 Å². The highest BCUT2D eigenvalue weighted by Gasteiger charge is 2.26. The molecule has 8 nitrogen and oxygen atoms in total. The first-order valence-corrected chi connectivity index (χ1v) is 14.5. The number of aromatic nitrogens is 2. The maximum Gasteiger partial charge on any atom is 0.284 e. The fraction of sp³-hybridized carbons (Fsp3) is 0.303. The van der Waals surface area contributed by atoms with Gasteiger partial charge in [0.25, 0.3) is 11.8 Å². The molecule has 1 heterocycles. The van der Waals surface area contributed by atoms with E-state index in [4.69, 9.17) is 16.0 Å². The van der Waals surface area contributed by atoms with Crippen LogP contribution in [0.15, 0.2) is 71.1 Å². The molecule has 0 aliphatic heterocycles. The van der Waals surface area contributed by atoms with Crippen molar-refractivity contribution in [3.63, 3.8) is 0 Å². The molecule has 0 fully saturated rings. The van der Waals surface area contributed by atoms with Gasteiger partial charge in [-0.1, -0.05) is 62.7 Å². The molecular weight excluding hydrogens is 590 g/mol. The van der Waals surface area contributed by atoms with E-state index >= 15 is 0 Å². The van der Waals surface area contributed by atoms with Gasteiger partial charge in [0, 0.05) is 41.0 Å². The molecule has 0 saturated heterocycles. The molecule has 4 rings (SSSR count). The molecule has 3 aromatic carbocycles. The van der Waals surface area contributed by atoms with E-state index in [9.17, 15) is 23.2 Å². The van der Waals surface area contributed by atoms with Crippen molar-refractivity contribution in [2.45, 2.75) is 57.9 Å². The molecule has 4 aromatic rings. The normalized spacial score (nSPS) is 12.0. The highest BCUT2D eigenvalue weighted by atomic mass is 35.5.